The highest BCUT2D eigenvalue weighted by atomic mass is 32.1. The first-order valence-electron chi connectivity index (χ1n) is 29.4. The molecule has 410 valence electrons. The van der Waals surface area contributed by atoms with Crippen LogP contribution in [0.25, 0.3) is 62.9 Å². The van der Waals surface area contributed by atoms with E-state index in [-0.39, 0.29) is 12.6 Å². The number of hydrogen-bond donors (Lipinski definition) is 0. The Balaban J connectivity index is 0.825. The third-order valence-electron chi connectivity index (χ3n) is 16.3. The number of ether oxygens (including phenoxy) is 4. The van der Waals surface area contributed by atoms with Crippen LogP contribution in [0.3, 0.4) is 0 Å². The standard InChI is InChI=1S/C72H71N3O4S2/c1-4-5-6-7-8-9-10-11-12-13-36-73-65-45-53(69-47-55-43-61(30-34-67(55)80-69)74(59-18-14-16-49(2)41-59)57-26-20-51(21-27-57)71-76-37-38-77-71)24-32-63(65)64-33-25-54(46-66(64)73)70-48-56-44-62(31-35-68(56)81-70)75(60-19-15-17-50(3)42-60)58-28-22-52(23-29-58)72-78-39-40-79-72/h14-35,41-48,71-72H,4-13,36-40H2,1-3H3. The van der Waals surface area contributed by atoms with Gasteiger partial charge < -0.3 is 33.3 Å². The van der Waals surface area contributed by atoms with Crippen LogP contribution in [-0.2, 0) is 25.5 Å². The van der Waals surface area contributed by atoms with E-state index in [0.717, 1.165) is 58.2 Å². The summed E-state index contributed by atoms with van der Waals surface area (Å²) < 4.78 is 28.5. The lowest BCUT2D eigenvalue weighted by molar-refractivity contribution is -0.0443. The van der Waals surface area contributed by atoms with Crippen LogP contribution >= 0.6 is 22.7 Å². The summed E-state index contributed by atoms with van der Waals surface area (Å²) in [6, 6.07) is 67.8. The molecule has 2 aliphatic heterocycles. The second-order valence-electron chi connectivity index (χ2n) is 22.1. The summed E-state index contributed by atoms with van der Waals surface area (Å²) in [5.41, 5.74) is 16.3. The predicted molar refractivity (Wildman–Crippen MR) is 341 cm³/mol. The smallest absolute Gasteiger partial charge is 0.184 e. The summed E-state index contributed by atoms with van der Waals surface area (Å²) in [6.07, 6.45) is 12.6. The first kappa shape index (κ1) is 53.2. The highest BCUT2D eigenvalue weighted by Crippen LogP contribution is 2.45. The Labute approximate surface area is 484 Å². The molecule has 2 fully saturated rings. The Bertz CT molecular complexity index is 3710. The van der Waals surface area contributed by atoms with E-state index >= 15 is 0 Å². The molecule has 0 amide bonds. The van der Waals surface area contributed by atoms with Gasteiger partial charge in [0, 0.05) is 92.8 Å². The molecule has 11 aromatic rings. The highest BCUT2D eigenvalue weighted by molar-refractivity contribution is 7.22. The number of thiophene rings is 2. The Hall–Kier alpha value is -7.08. The van der Waals surface area contributed by atoms with Gasteiger partial charge in [0.15, 0.2) is 12.6 Å². The summed E-state index contributed by atoms with van der Waals surface area (Å²) >= 11 is 3.76. The summed E-state index contributed by atoms with van der Waals surface area (Å²) in [4.78, 5) is 7.27. The summed E-state index contributed by atoms with van der Waals surface area (Å²) in [6.45, 7) is 10.1. The fourth-order valence-corrected chi connectivity index (χ4v) is 14.2. The molecule has 0 unspecified atom stereocenters. The molecule has 0 saturated carbocycles. The maximum atomic E-state index is 5.83. The van der Waals surface area contributed by atoms with Crippen molar-refractivity contribution in [3.63, 3.8) is 0 Å². The average molecular weight is 1110 g/mol. The van der Waals surface area contributed by atoms with E-state index in [9.17, 15) is 0 Å². The minimum Gasteiger partial charge on any atom is -0.346 e. The Morgan fingerprint density at radius 3 is 1.25 bits per heavy atom. The van der Waals surface area contributed by atoms with Crippen molar-refractivity contribution in [1.29, 1.82) is 0 Å². The zero-order valence-corrected chi connectivity index (χ0v) is 48.5. The van der Waals surface area contributed by atoms with Crippen molar-refractivity contribution >= 4 is 98.8 Å². The largest absolute Gasteiger partial charge is 0.346 e. The lowest BCUT2D eigenvalue weighted by atomic mass is 10.1. The van der Waals surface area contributed by atoms with Crippen molar-refractivity contribution < 1.29 is 18.9 Å². The van der Waals surface area contributed by atoms with Gasteiger partial charge in [0.2, 0.25) is 0 Å². The number of benzene rings is 8. The fourth-order valence-electron chi connectivity index (χ4n) is 12.1. The van der Waals surface area contributed by atoms with Gasteiger partial charge in [-0.05, 0) is 162 Å². The van der Waals surface area contributed by atoms with Crippen molar-refractivity contribution in [2.75, 3.05) is 36.2 Å². The van der Waals surface area contributed by atoms with Gasteiger partial charge in [0.1, 0.15) is 0 Å². The lowest BCUT2D eigenvalue weighted by Crippen LogP contribution is -2.10. The monoisotopic (exact) mass is 1110 g/mol. The van der Waals surface area contributed by atoms with Gasteiger partial charge in [0.05, 0.1) is 26.4 Å². The van der Waals surface area contributed by atoms with Crippen molar-refractivity contribution in [2.24, 2.45) is 0 Å². The first-order chi connectivity index (χ1) is 39.9. The molecule has 0 spiro atoms. The number of nitrogens with zero attached hydrogens (tertiary/aromatic N) is 3. The van der Waals surface area contributed by atoms with Gasteiger partial charge in [-0.1, -0.05) is 138 Å². The molecule has 9 heteroatoms. The van der Waals surface area contributed by atoms with Gasteiger partial charge >= 0.3 is 0 Å². The minimum absolute atomic E-state index is 0.306. The number of hydrogen-bond acceptors (Lipinski definition) is 8. The quantitative estimate of drug-likeness (QED) is 0.0668. The number of aromatic nitrogens is 1. The lowest BCUT2D eigenvalue weighted by Gasteiger charge is -2.26. The van der Waals surface area contributed by atoms with Gasteiger partial charge in [-0.15, -0.1) is 22.7 Å². The van der Waals surface area contributed by atoms with Crippen molar-refractivity contribution in [2.45, 2.75) is 104 Å². The molecule has 2 aliphatic rings. The van der Waals surface area contributed by atoms with E-state index < -0.39 is 0 Å². The third-order valence-corrected chi connectivity index (χ3v) is 18.6. The van der Waals surface area contributed by atoms with Crippen LogP contribution in [0.4, 0.5) is 34.1 Å². The molecule has 0 radical (unpaired) electrons. The van der Waals surface area contributed by atoms with Crippen LogP contribution < -0.4 is 9.80 Å². The fraction of sp³-hybridized carbons (Fsp3) is 0.278. The molecule has 0 bridgehead atoms. The Morgan fingerprint density at radius 2 is 0.815 bits per heavy atom. The van der Waals surface area contributed by atoms with Crippen LogP contribution in [0.1, 0.15) is 106 Å². The van der Waals surface area contributed by atoms with Crippen molar-refractivity contribution in [1.82, 2.24) is 4.57 Å². The topological polar surface area (TPSA) is 48.3 Å². The highest BCUT2D eigenvalue weighted by Gasteiger charge is 2.23. The van der Waals surface area contributed by atoms with Crippen LogP contribution in [0.15, 0.2) is 182 Å². The molecule has 7 nitrogen and oxygen atoms in total. The molecule has 0 atom stereocenters. The number of unbranched alkanes of at least 4 members (excludes halogenated alkanes) is 9. The normalized spacial score (nSPS) is 14.2. The van der Waals surface area contributed by atoms with E-state index in [1.807, 2.05) is 22.7 Å². The Morgan fingerprint density at radius 1 is 0.407 bits per heavy atom. The van der Waals surface area contributed by atoms with Crippen molar-refractivity contribution in [3.05, 3.63) is 204 Å². The average Bonchev–Trinajstić information content (AvgIpc) is 4.58. The van der Waals surface area contributed by atoms with Crippen LogP contribution in [-0.4, -0.2) is 31.0 Å². The number of rotatable bonds is 21. The first-order valence-corrected chi connectivity index (χ1v) is 31.1. The minimum atomic E-state index is -0.306. The van der Waals surface area contributed by atoms with E-state index in [1.165, 1.54) is 132 Å². The van der Waals surface area contributed by atoms with Crippen LogP contribution in [0, 0.1) is 13.8 Å². The van der Waals surface area contributed by atoms with Gasteiger partial charge in [-0.2, -0.15) is 0 Å². The maximum Gasteiger partial charge on any atom is 0.184 e. The van der Waals surface area contributed by atoms with Crippen LogP contribution in [0.5, 0.6) is 0 Å². The van der Waals surface area contributed by atoms with Crippen LogP contribution in [0.2, 0.25) is 0 Å². The summed E-state index contributed by atoms with van der Waals surface area (Å²) in [7, 11) is 0. The maximum absolute atomic E-state index is 5.83. The summed E-state index contributed by atoms with van der Waals surface area (Å²) in [5.74, 6) is 0. The van der Waals surface area contributed by atoms with E-state index in [2.05, 4.69) is 217 Å². The molecule has 3 aromatic heterocycles. The molecule has 2 saturated heterocycles. The van der Waals surface area contributed by atoms with Gasteiger partial charge in [-0.25, -0.2) is 0 Å². The predicted octanol–water partition coefficient (Wildman–Crippen LogP) is 21.1. The zero-order chi connectivity index (χ0) is 54.7. The molecule has 8 aromatic carbocycles. The molecule has 0 aliphatic carbocycles. The van der Waals surface area contributed by atoms with E-state index in [4.69, 9.17) is 18.9 Å². The van der Waals surface area contributed by atoms with Gasteiger partial charge in [-0.3, -0.25) is 0 Å². The second-order valence-corrected chi connectivity index (χ2v) is 24.3. The molecular weight excluding hydrogens is 1030 g/mol. The Kier molecular flexibility index (Phi) is 15.9. The molecular formula is C72H71N3O4S2. The zero-order valence-electron chi connectivity index (χ0n) is 46.9. The molecule has 0 N–H and O–H groups in total. The van der Waals surface area contributed by atoms with E-state index in [0.29, 0.717) is 26.4 Å². The number of anilines is 6. The number of fused-ring (bicyclic) bond motifs is 5. The molecule has 13 rings (SSSR count). The van der Waals surface area contributed by atoms with Gasteiger partial charge in [0.25, 0.3) is 0 Å². The molecule has 81 heavy (non-hydrogen) atoms. The van der Waals surface area contributed by atoms with E-state index in [1.54, 1.807) is 0 Å². The third kappa shape index (κ3) is 11.5. The molecule has 5 heterocycles. The SMILES string of the molecule is CCCCCCCCCCCCn1c2cc(-c3cc4cc(N(c5ccc(C6OCCO6)cc5)c5cccc(C)c5)ccc4s3)ccc2c2ccc(-c3cc4cc(N(c5ccc(C6OCCO6)cc5)c5cccc(C)c5)ccc4s3)cc21. The number of aryl methyl sites for hydroxylation is 3. The summed E-state index contributed by atoms with van der Waals surface area (Å²) in [5, 5.41) is 5.11. The second kappa shape index (κ2) is 24.2. The van der Waals surface area contributed by atoms with Crippen molar-refractivity contribution in [3.8, 4) is 20.9 Å².